The van der Waals surface area contributed by atoms with Crippen LogP contribution in [0.2, 0.25) is 0 Å². The minimum Gasteiger partial charge on any atom is -0.344 e. The molecule has 3 amide bonds. The Bertz CT molecular complexity index is 2000. The highest BCUT2D eigenvalue weighted by molar-refractivity contribution is 7.10. The summed E-state index contributed by atoms with van der Waals surface area (Å²) in [5.41, 5.74) is 5.81. The normalized spacial score (nSPS) is 13.0. The van der Waals surface area contributed by atoms with Gasteiger partial charge in [0.05, 0.1) is 17.8 Å². The van der Waals surface area contributed by atoms with Crippen LogP contribution in [0.1, 0.15) is 50.7 Å². The molecular formula is C35H32N6O3S. The number of rotatable bonds is 7. The van der Waals surface area contributed by atoms with Gasteiger partial charge in [0.1, 0.15) is 0 Å². The molecule has 5 aromatic rings. The van der Waals surface area contributed by atoms with Gasteiger partial charge < -0.3 is 16.0 Å². The fraction of sp³-hybridized carbons (Fsp3) is 0.229. The van der Waals surface area contributed by atoms with E-state index in [1.165, 1.54) is 11.3 Å². The summed E-state index contributed by atoms with van der Waals surface area (Å²) in [7, 11) is 1.95. The van der Waals surface area contributed by atoms with Gasteiger partial charge >= 0.3 is 11.8 Å². The Morgan fingerprint density at radius 3 is 2.49 bits per heavy atom. The fourth-order valence-corrected chi connectivity index (χ4v) is 6.18. The summed E-state index contributed by atoms with van der Waals surface area (Å²) in [6, 6.07) is 19.7. The Morgan fingerprint density at radius 2 is 1.76 bits per heavy atom. The van der Waals surface area contributed by atoms with Crippen molar-refractivity contribution in [3.8, 4) is 23.0 Å². The lowest BCUT2D eigenvalue weighted by Gasteiger charge is -2.22. The van der Waals surface area contributed by atoms with Crippen LogP contribution in [0.4, 0.5) is 0 Å². The molecule has 1 fully saturated rings. The van der Waals surface area contributed by atoms with Crippen molar-refractivity contribution in [2.45, 2.75) is 38.8 Å². The number of nitrogens with one attached hydrogen (secondary N) is 3. The van der Waals surface area contributed by atoms with Crippen molar-refractivity contribution >= 4 is 39.8 Å². The Labute approximate surface area is 265 Å². The first-order chi connectivity index (χ1) is 21.8. The second kappa shape index (κ2) is 12.4. The second-order valence-electron chi connectivity index (χ2n) is 11.1. The summed E-state index contributed by atoms with van der Waals surface area (Å²) in [5, 5.41) is 17.7. The van der Waals surface area contributed by atoms with Crippen molar-refractivity contribution < 1.29 is 14.4 Å². The third-order valence-electron chi connectivity index (χ3n) is 8.15. The highest BCUT2D eigenvalue weighted by atomic mass is 32.1. The van der Waals surface area contributed by atoms with E-state index in [1.807, 2.05) is 36.2 Å². The smallest absolute Gasteiger partial charge is 0.310 e. The minimum atomic E-state index is -0.802. The summed E-state index contributed by atoms with van der Waals surface area (Å²) in [4.78, 5) is 42.6. The van der Waals surface area contributed by atoms with Gasteiger partial charge in [0.15, 0.2) is 5.01 Å². The van der Waals surface area contributed by atoms with Crippen LogP contribution in [0.5, 0.6) is 0 Å². The lowest BCUT2D eigenvalue weighted by molar-refractivity contribution is -0.139. The van der Waals surface area contributed by atoms with Gasteiger partial charge in [-0.2, -0.15) is 5.10 Å². The van der Waals surface area contributed by atoms with Crippen LogP contribution in [0.3, 0.4) is 0 Å². The number of amides is 3. The topological polar surface area (TPSA) is 118 Å². The molecule has 0 unspecified atom stereocenters. The van der Waals surface area contributed by atoms with E-state index in [-0.39, 0.29) is 19.0 Å². The molecule has 2 heterocycles. The average molecular weight is 617 g/mol. The first-order valence-electron chi connectivity index (χ1n) is 14.6. The van der Waals surface area contributed by atoms with E-state index in [2.05, 4.69) is 69.1 Å². The number of aromatic nitrogens is 3. The fourth-order valence-electron chi connectivity index (χ4n) is 5.68. The number of carbonyl (C=O) groups excluding carboxylic acids is 3. The zero-order chi connectivity index (χ0) is 31.6. The van der Waals surface area contributed by atoms with Crippen molar-refractivity contribution in [2.24, 2.45) is 7.05 Å². The van der Waals surface area contributed by atoms with E-state index >= 15 is 0 Å². The molecule has 6 rings (SSSR count). The number of hydrogen-bond acceptors (Lipinski definition) is 6. The van der Waals surface area contributed by atoms with Crippen LogP contribution >= 0.6 is 11.3 Å². The Kier molecular flexibility index (Phi) is 8.20. The van der Waals surface area contributed by atoms with Crippen LogP contribution in [0.25, 0.3) is 21.9 Å². The predicted octanol–water partition coefficient (Wildman–Crippen LogP) is 4.52. The van der Waals surface area contributed by atoms with E-state index < -0.39 is 17.4 Å². The first kappa shape index (κ1) is 29.8. The zero-order valence-electron chi connectivity index (χ0n) is 25.2. The molecule has 0 bridgehead atoms. The first-order valence-corrected chi connectivity index (χ1v) is 15.5. The maximum absolute atomic E-state index is 13.8. The van der Waals surface area contributed by atoms with Crippen molar-refractivity contribution in [1.82, 2.24) is 30.7 Å². The summed E-state index contributed by atoms with van der Waals surface area (Å²) >= 11 is 1.39. The number of aryl methyl sites for hydroxylation is 2. The molecule has 3 N–H and O–H groups in total. The van der Waals surface area contributed by atoms with Crippen LogP contribution in [-0.2, 0) is 28.7 Å². The number of benzene rings is 3. The van der Waals surface area contributed by atoms with E-state index in [0.717, 1.165) is 51.7 Å². The molecule has 0 aliphatic heterocycles. The Hall–Kier alpha value is -5.27. The molecule has 2 aromatic heterocycles. The van der Waals surface area contributed by atoms with E-state index in [1.54, 1.807) is 30.5 Å². The monoisotopic (exact) mass is 616 g/mol. The third kappa shape index (κ3) is 6.21. The van der Waals surface area contributed by atoms with E-state index in [0.29, 0.717) is 16.1 Å². The Balaban J connectivity index is 1.19. The minimum absolute atomic E-state index is 0.0166. The van der Waals surface area contributed by atoms with E-state index in [9.17, 15) is 14.4 Å². The average Bonchev–Trinajstić information content (AvgIpc) is 3.52. The molecule has 10 heteroatoms. The van der Waals surface area contributed by atoms with Gasteiger partial charge in [-0.05, 0) is 78.3 Å². The molecule has 45 heavy (non-hydrogen) atoms. The van der Waals surface area contributed by atoms with Gasteiger partial charge in [0, 0.05) is 42.0 Å². The lowest BCUT2D eigenvalue weighted by atomic mass is 9.91. The summed E-state index contributed by atoms with van der Waals surface area (Å²) < 4.78 is 1.89. The number of nitrogens with zero attached hydrogens (tertiary/aromatic N) is 3. The highest BCUT2D eigenvalue weighted by Gasteiger charge is 2.47. The van der Waals surface area contributed by atoms with Gasteiger partial charge in [-0.15, -0.1) is 11.3 Å². The third-order valence-corrected chi connectivity index (χ3v) is 8.84. The Morgan fingerprint density at radius 1 is 1.00 bits per heavy atom. The molecule has 1 aliphatic carbocycles. The maximum Gasteiger partial charge on any atom is 0.310 e. The van der Waals surface area contributed by atoms with Gasteiger partial charge in [0.25, 0.3) is 5.91 Å². The van der Waals surface area contributed by atoms with Crippen LogP contribution in [0, 0.1) is 25.7 Å². The standard InChI is InChI=1S/C35H32N6O3S/c1-22-31(23(2)41(3)40-22)26-19-24-9-4-6-11-27(24)29(20-26)35(14-15-35)39-32(42)28-12-7-5-10-25(28)21-38-34(44)33(43)37-16-8-13-30-36-17-18-45-30/h4-7,9-12,17-20H,14-16,21H2,1-3H3,(H,37,43)(H,38,44)(H,39,42). The van der Waals surface area contributed by atoms with Crippen molar-refractivity contribution in [1.29, 1.82) is 0 Å². The van der Waals surface area contributed by atoms with Crippen molar-refractivity contribution in [2.75, 3.05) is 6.54 Å². The second-order valence-corrected chi connectivity index (χ2v) is 12.0. The zero-order valence-corrected chi connectivity index (χ0v) is 26.0. The number of carbonyl (C=O) groups is 3. The maximum atomic E-state index is 13.8. The molecule has 0 atom stereocenters. The molecular weight excluding hydrogens is 584 g/mol. The number of fused-ring (bicyclic) bond motifs is 1. The summed E-state index contributed by atoms with van der Waals surface area (Å²) in [5.74, 6) is 3.76. The molecule has 3 aromatic carbocycles. The quantitative estimate of drug-likeness (QED) is 0.184. The SMILES string of the molecule is Cc1nn(C)c(C)c1-c1cc(C2(NC(=O)c3ccccc3CNC(=O)C(=O)NCC#Cc3nccs3)CC2)c2ccccc2c1. The van der Waals surface area contributed by atoms with Crippen LogP contribution < -0.4 is 16.0 Å². The molecule has 0 radical (unpaired) electrons. The highest BCUT2D eigenvalue weighted by Crippen LogP contribution is 2.49. The molecule has 0 spiro atoms. The van der Waals surface area contributed by atoms with Crippen molar-refractivity contribution in [3.05, 3.63) is 105 Å². The molecule has 226 valence electrons. The van der Waals surface area contributed by atoms with Gasteiger partial charge in [-0.1, -0.05) is 48.4 Å². The van der Waals surface area contributed by atoms with Gasteiger partial charge in [-0.25, -0.2) is 4.98 Å². The van der Waals surface area contributed by atoms with Crippen molar-refractivity contribution in [3.63, 3.8) is 0 Å². The lowest BCUT2D eigenvalue weighted by Crippen LogP contribution is -2.40. The summed E-state index contributed by atoms with van der Waals surface area (Å²) in [6.45, 7) is 4.12. The molecule has 9 nitrogen and oxygen atoms in total. The van der Waals surface area contributed by atoms with Gasteiger partial charge in [0.2, 0.25) is 0 Å². The van der Waals surface area contributed by atoms with E-state index in [4.69, 9.17) is 0 Å². The number of thiazole rings is 1. The van der Waals surface area contributed by atoms with Crippen LogP contribution in [-0.4, -0.2) is 39.0 Å². The molecule has 1 aliphatic rings. The van der Waals surface area contributed by atoms with Gasteiger partial charge in [-0.3, -0.25) is 19.1 Å². The van der Waals surface area contributed by atoms with Crippen LogP contribution in [0.15, 0.2) is 72.2 Å². The predicted molar refractivity (Wildman–Crippen MR) is 174 cm³/mol. The molecule has 1 saturated carbocycles. The summed E-state index contributed by atoms with van der Waals surface area (Å²) in [6.07, 6.45) is 3.26. The largest absolute Gasteiger partial charge is 0.344 e. The molecule has 0 saturated heterocycles. The number of hydrogen-bond donors (Lipinski definition) is 3.